The molecule has 0 radical (unpaired) electrons. The highest BCUT2D eigenvalue weighted by molar-refractivity contribution is 6.35. The van der Waals surface area contributed by atoms with Gasteiger partial charge in [0.15, 0.2) is 0 Å². The normalized spacial score (nSPS) is 10.5. The third-order valence-electron chi connectivity index (χ3n) is 3.73. The molecule has 2 aromatic carbocycles. The van der Waals surface area contributed by atoms with Crippen LogP contribution >= 0.6 is 23.2 Å². The molecule has 0 bridgehead atoms. The van der Waals surface area contributed by atoms with E-state index in [1.165, 1.54) is 12.4 Å². The third kappa shape index (κ3) is 4.31. The Bertz CT molecular complexity index is 958. The molecule has 3 rings (SSSR count). The van der Waals surface area contributed by atoms with Gasteiger partial charge in [0.2, 0.25) is 5.95 Å². The number of hydrogen-bond donors (Lipinski definition) is 2. The van der Waals surface area contributed by atoms with Crippen LogP contribution in [0.5, 0.6) is 0 Å². The molecule has 26 heavy (non-hydrogen) atoms. The van der Waals surface area contributed by atoms with Gasteiger partial charge in [-0.15, -0.1) is 0 Å². The van der Waals surface area contributed by atoms with E-state index in [0.29, 0.717) is 27.2 Å². The van der Waals surface area contributed by atoms with Crippen molar-refractivity contribution >= 4 is 46.4 Å². The number of aryl methyl sites for hydroxylation is 2. The second-order valence-electron chi connectivity index (χ2n) is 5.82. The van der Waals surface area contributed by atoms with Gasteiger partial charge in [0.05, 0.1) is 16.3 Å². The fourth-order valence-electron chi connectivity index (χ4n) is 2.29. The molecule has 7 heteroatoms. The van der Waals surface area contributed by atoms with Crippen LogP contribution in [-0.2, 0) is 0 Å². The Morgan fingerprint density at radius 3 is 2.42 bits per heavy atom. The maximum Gasteiger partial charge on any atom is 0.258 e. The van der Waals surface area contributed by atoms with E-state index in [-0.39, 0.29) is 5.91 Å². The van der Waals surface area contributed by atoms with Crippen LogP contribution in [0, 0.1) is 13.8 Å². The zero-order valence-corrected chi connectivity index (χ0v) is 15.7. The Labute approximate surface area is 161 Å². The van der Waals surface area contributed by atoms with Gasteiger partial charge in [0.1, 0.15) is 0 Å². The summed E-state index contributed by atoms with van der Waals surface area (Å²) in [5.74, 6) is 0.0449. The van der Waals surface area contributed by atoms with Crippen LogP contribution in [0.3, 0.4) is 0 Å². The molecule has 0 spiro atoms. The van der Waals surface area contributed by atoms with Crippen molar-refractivity contribution in [3.05, 3.63) is 75.5 Å². The minimum absolute atomic E-state index is 0.313. The summed E-state index contributed by atoms with van der Waals surface area (Å²) < 4.78 is 0. The number of halogens is 2. The first kappa shape index (κ1) is 18.2. The number of anilines is 3. The van der Waals surface area contributed by atoms with Crippen molar-refractivity contribution < 1.29 is 4.79 Å². The lowest BCUT2D eigenvalue weighted by atomic mass is 10.1. The average molecular weight is 387 g/mol. The summed E-state index contributed by atoms with van der Waals surface area (Å²) in [6.45, 7) is 4.01. The fourth-order valence-corrected chi connectivity index (χ4v) is 2.63. The predicted molar refractivity (Wildman–Crippen MR) is 106 cm³/mol. The van der Waals surface area contributed by atoms with Crippen LogP contribution < -0.4 is 10.6 Å². The largest absolute Gasteiger partial charge is 0.324 e. The molecule has 0 aliphatic heterocycles. The van der Waals surface area contributed by atoms with Gasteiger partial charge >= 0.3 is 0 Å². The van der Waals surface area contributed by atoms with Gasteiger partial charge in [-0.2, -0.15) is 0 Å². The molecule has 132 valence electrons. The minimum atomic E-state index is -0.368. The van der Waals surface area contributed by atoms with Crippen LogP contribution in [0.25, 0.3) is 0 Å². The summed E-state index contributed by atoms with van der Waals surface area (Å²) in [6, 6.07) is 10.9. The summed E-state index contributed by atoms with van der Waals surface area (Å²) in [6.07, 6.45) is 2.91. The average Bonchev–Trinajstić information content (AvgIpc) is 2.62. The van der Waals surface area contributed by atoms with E-state index in [0.717, 1.165) is 16.8 Å². The molecule has 0 atom stereocenters. The van der Waals surface area contributed by atoms with Gasteiger partial charge in [0, 0.05) is 23.1 Å². The molecule has 3 aromatic rings. The number of hydrogen-bond acceptors (Lipinski definition) is 4. The number of carbonyl (C=O) groups excluding carboxylic acids is 1. The number of carbonyl (C=O) groups is 1. The van der Waals surface area contributed by atoms with E-state index in [4.69, 9.17) is 23.2 Å². The Balaban J connectivity index is 1.73. The zero-order valence-electron chi connectivity index (χ0n) is 14.2. The SMILES string of the molecule is Cc1ccc(C)c(Nc2ncc(C(=O)Nc3cc(Cl)ccc3Cl)cn2)c1. The van der Waals surface area contributed by atoms with Crippen molar-refractivity contribution in [2.45, 2.75) is 13.8 Å². The van der Waals surface area contributed by atoms with Gasteiger partial charge in [-0.1, -0.05) is 35.3 Å². The Kier molecular flexibility index (Phi) is 5.40. The molecule has 0 aliphatic carbocycles. The van der Waals surface area contributed by atoms with Crippen molar-refractivity contribution in [3.63, 3.8) is 0 Å². The van der Waals surface area contributed by atoms with E-state index in [9.17, 15) is 4.79 Å². The molecule has 0 saturated heterocycles. The minimum Gasteiger partial charge on any atom is -0.324 e. The molecule has 1 aromatic heterocycles. The third-order valence-corrected chi connectivity index (χ3v) is 4.29. The van der Waals surface area contributed by atoms with E-state index < -0.39 is 0 Å². The fraction of sp³-hybridized carbons (Fsp3) is 0.105. The Morgan fingerprint density at radius 2 is 1.69 bits per heavy atom. The lowest BCUT2D eigenvalue weighted by molar-refractivity contribution is 0.102. The molecule has 1 amide bonds. The van der Waals surface area contributed by atoms with Gasteiger partial charge in [-0.05, 0) is 49.2 Å². The Morgan fingerprint density at radius 1 is 0.962 bits per heavy atom. The van der Waals surface area contributed by atoms with Gasteiger partial charge in [-0.25, -0.2) is 9.97 Å². The summed E-state index contributed by atoms with van der Waals surface area (Å²) in [4.78, 5) is 20.7. The van der Waals surface area contributed by atoms with Crippen molar-refractivity contribution in [1.29, 1.82) is 0 Å². The maximum absolute atomic E-state index is 12.3. The van der Waals surface area contributed by atoms with E-state index in [2.05, 4.69) is 20.6 Å². The number of benzene rings is 2. The number of nitrogens with one attached hydrogen (secondary N) is 2. The summed E-state index contributed by atoms with van der Waals surface area (Å²) in [5.41, 5.74) is 3.88. The number of rotatable bonds is 4. The standard InChI is InChI=1S/C19H16Cl2N4O/c1-11-3-4-12(2)16(7-11)25-19-22-9-13(10-23-19)18(26)24-17-8-14(20)5-6-15(17)21/h3-10H,1-2H3,(H,24,26)(H,22,23,25). The predicted octanol–water partition coefficient (Wildman–Crippen LogP) is 5.40. The summed E-state index contributed by atoms with van der Waals surface area (Å²) in [7, 11) is 0. The van der Waals surface area contributed by atoms with Crippen LogP contribution in [0.4, 0.5) is 17.3 Å². The molecule has 5 nitrogen and oxygen atoms in total. The van der Waals surface area contributed by atoms with E-state index in [1.54, 1.807) is 18.2 Å². The number of nitrogens with zero attached hydrogens (tertiary/aromatic N) is 2. The monoisotopic (exact) mass is 386 g/mol. The molecule has 1 heterocycles. The van der Waals surface area contributed by atoms with Crippen molar-refractivity contribution in [3.8, 4) is 0 Å². The first-order valence-electron chi connectivity index (χ1n) is 7.85. The molecule has 2 N–H and O–H groups in total. The second-order valence-corrected chi connectivity index (χ2v) is 6.66. The lowest BCUT2D eigenvalue weighted by Gasteiger charge is -2.10. The highest BCUT2D eigenvalue weighted by atomic mass is 35.5. The van der Waals surface area contributed by atoms with E-state index in [1.807, 2.05) is 32.0 Å². The zero-order chi connectivity index (χ0) is 18.7. The summed E-state index contributed by atoms with van der Waals surface area (Å²) in [5, 5.41) is 6.73. The lowest BCUT2D eigenvalue weighted by Crippen LogP contribution is -2.13. The first-order chi connectivity index (χ1) is 12.4. The van der Waals surface area contributed by atoms with Gasteiger partial charge in [-0.3, -0.25) is 4.79 Å². The van der Waals surface area contributed by atoms with Crippen LogP contribution in [0.1, 0.15) is 21.5 Å². The molecule has 0 fully saturated rings. The topological polar surface area (TPSA) is 66.9 Å². The van der Waals surface area contributed by atoms with Gasteiger partial charge in [0.25, 0.3) is 5.91 Å². The molecule has 0 unspecified atom stereocenters. The quantitative estimate of drug-likeness (QED) is 0.629. The van der Waals surface area contributed by atoms with Crippen LogP contribution in [-0.4, -0.2) is 15.9 Å². The highest BCUT2D eigenvalue weighted by Gasteiger charge is 2.11. The highest BCUT2D eigenvalue weighted by Crippen LogP contribution is 2.26. The molecular formula is C19H16Cl2N4O. The van der Waals surface area contributed by atoms with Gasteiger partial charge < -0.3 is 10.6 Å². The van der Waals surface area contributed by atoms with Crippen LogP contribution in [0.15, 0.2) is 48.8 Å². The maximum atomic E-state index is 12.3. The number of amides is 1. The van der Waals surface area contributed by atoms with Crippen molar-refractivity contribution in [2.75, 3.05) is 10.6 Å². The number of aromatic nitrogens is 2. The van der Waals surface area contributed by atoms with E-state index >= 15 is 0 Å². The summed E-state index contributed by atoms with van der Waals surface area (Å²) >= 11 is 12.0. The molecular weight excluding hydrogens is 371 g/mol. The van der Waals surface area contributed by atoms with Crippen molar-refractivity contribution in [1.82, 2.24) is 9.97 Å². The second kappa shape index (κ2) is 7.72. The smallest absolute Gasteiger partial charge is 0.258 e. The Hall–Kier alpha value is -2.63. The first-order valence-corrected chi connectivity index (χ1v) is 8.61. The molecule has 0 aliphatic rings. The molecule has 0 saturated carbocycles. The van der Waals surface area contributed by atoms with Crippen molar-refractivity contribution in [2.24, 2.45) is 0 Å². The van der Waals surface area contributed by atoms with Crippen LogP contribution in [0.2, 0.25) is 10.0 Å².